The molecule has 4 atom stereocenters. The second kappa shape index (κ2) is 21.1. The number of nitrogens with one attached hydrogen (secondary N) is 4. The number of hydrogen-bond acceptors (Lipinski definition) is 10. The minimum absolute atomic E-state index is 0.0620. The van der Waals surface area contributed by atoms with Gasteiger partial charge in [-0.2, -0.15) is 24.4 Å². The van der Waals surface area contributed by atoms with Gasteiger partial charge in [0.15, 0.2) is 5.96 Å². The first-order chi connectivity index (χ1) is 18.5. The molecule has 0 aliphatic rings. The zero-order valence-electron chi connectivity index (χ0n) is 22.2. The monoisotopic (exact) mass is 593 g/mol. The van der Waals surface area contributed by atoms with Crippen molar-refractivity contribution in [1.82, 2.24) is 21.3 Å². The van der Waals surface area contributed by atoms with Crippen LogP contribution in [0, 0.1) is 0 Å². The number of guanidine groups is 1. The number of carbonyl (C=O) groups excluding carboxylic acids is 4. The first kappa shape index (κ1) is 36.2. The van der Waals surface area contributed by atoms with Crippen LogP contribution in [0.25, 0.3) is 0 Å². The van der Waals surface area contributed by atoms with Gasteiger partial charge in [0, 0.05) is 12.3 Å². The molecular formula is C22H43N9O6S2. The molecule has 0 fully saturated rings. The van der Waals surface area contributed by atoms with Crippen LogP contribution in [0.2, 0.25) is 0 Å². The molecule has 0 radical (unpaired) electrons. The van der Waals surface area contributed by atoms with E-state index in [0.29, 0.717) is 44.5 Å². The molecule has 0 aromatic carbocycles. The van der Waals surface area contributed by atoms with Gasteiger partial charge in [0.25, 0.3) is 0 Å². The Morgan fingerprint density at radius 1 is 0.897 bits per heavy atom. The highest BCUT2D eigenvalue weighted by molar-refractivity contribution is 7.98. The standard InChI is InChI=1S/C22H43N9O6S2/c1-39-10-7-15(20(35)31-16(12-38)21(36)37)30-19(34)14(6-2-3-8-23)29-17(32)11-28-18(33)13(24)5-4-9-27-22(25)26/h13-16,38H,2-12,23-24H2,1H3,(H,28,33)(H,29,32)(H,30,34)(H,31,35)(H,36,37)(H4,25,26,27). The third kappa shape index (κ3) is 16.7. The number of rotatable bonds is 21. The van der Waals surface area contributed by atoms with Crippen LogP contribution in [-0.2, 0) is 24.0 Å². The smallest absolute Gasteiger partial charge is 0.327 e. The van der Waals surface area contributed by atoms with E-state index in [2.05, 4.69) is 38.9 Å². The van der Waals surface area contributed by atoms with Crippen molar-refractivity contribution in [2.75, 3.05) is 37.4 Å². The van der Waals surface area contributed by atoms with Gasteiger partial charge in [0.05, 0.1) is 12.6 Å². The van der Waals surface area contributed by atoms with E-state index in [9.17, 15) is 29.1 Å². The summed E-state index contributed by atoms with van der Waals surface area (Å²) < 4.78 is 0. The Bertz CT molecular complexity index is 830. The topological polar surface area (TPSA) is 270 Å². The number of unbranched alkanes of at least 4 members (excludes halogenated alkanes) is 1. The Morgan fingerprint density at radius 3 is 2.05 bits per heavy atom. The Morgan fingerprint density at radius 2 is 1.51 bits per heavy atom. The number of nitrogens with two attached hydrogens (primary N) is 4. The fraction of sp³-hybridized carbons (Fsp3) is 0.727. The van der Waals surface area contributed by atoms with Crippen LogP contribution >= 0.6 is 24.4 Å². The molecular weight excluding hydrogens is 550 g/mol. The second-order valence-corrected chi connectivity index (χ2v) is 9.95. The number of thioether (sulfide) groups is 1. The molecule has 0 bridgehead atoms. The lowest BCUT2D eigenvalue weighted by Crippen LogP contribution is -2.57. The van der Waals surface area contributed by atoms with E-state index in [4.69, 9.17) is 22.9 Å². The van der Waals surface area contributed by atoms with Gasteiger partial charge in [0.1, 0.15) is 18.1 Å². The molecule has 15 nitrogen and oxygen atoms in total. The summed E-state index contributed by atoms with van der Waals surface area (Å²) in [5, 5.41) is 19.2. The summed E-state index contributed by atoms with van der Waals surface area (Å²) in [7, 11) is 0. The third-order valence-electron chi connectivity index (χ3n) is 5.37. The molecule has 0 aromatic heterocycles. The number of hydrogen-bond donors (Lipinski definition) is 10. The molecule has 0 aliphatic heterocycles. The van der Waals surface area contributed by atoms with E-state index in [1.165, 1.54) is 11.8 Å². The van der Waals surface area contributed by atoms with E-state index < -0.39 is 60.3 Å². The number of thiol groups is 1. The van der Waals surface area contributed by atoms with E-state index in [-0.39, 0.29) is 24.6 Å². The van der Waals surface area contributed by atoms with Crippen molar-refractivity contribution in [3.63, 3.8) is 0 Å². The average molecular weight is 594 g/mol. The number of carboxylic acid groups (broad SMARTS) is 1. The van der Waals surface area contributed by atoms with Crippen LogP contribution in [0.15, 0.2) is 4.99 Å². The number of nitrogens with zero attached hydrogens (tertiary/aromatic N) is 1. The van der Waals surface area contributed by atoms with Crippen molar-refractivity contribution in [3.05, 3.63) is 0 Å². The molecule has 39 heavy (non-hydrogen) atoms. The van der Waals surface area contributed by atoms with E-state index in [1.807, 2.05) is 6.26 Å². The van der Waals surface area contributed by atoms with Crippen molar-refractivity contribution < 1.29 is 29.1 Å². The van der Waals surface area contributed by atoms with E-state index >= 15 is 0 Å². The summed E-state index contributed by atoms with van der Waals surface area (Å²) in [6.45, 7) is 0.281. The number of amides is 4. The molecule has 4 amide bonds. The highest BCUT2D eigenvalue weighted by Crippen LogP contribution is 2.06. The lowest BCUT2D eigenvalue weighted by atomic mass is 10.1. The van der Waals surface area contributed by atoms with Crippen LogP contribution in [0.5, 0.6) is 0 Å². The molecule has 0 rings (SSSR count). The molecule has 0 saturated heterocycles. The maximum Gasteiger partial charge on any atom is 0.327 e. The highest BCUT2D eigenvalue weighted by atomic mass is 32.2. The van der Waals surface area contributed by atoms with Gasteiger partial charge in [-0.3, -0.25) is 24.2 Å². The average Bonchev–Trinajstić information content (AvgIpc) is 2.89. The number of aliphatic carboxylic acids is 1. The summed E-state index contributed by atoms with van der Waals surface area (Å²) in [6.07, 6.45) is 4.17. The Hall–Kier alpha value is -2.76. The van der Waals surface area contributed by atoms with Gasteiger partial charge in [-0.05, 0) is 57.1 Å². The SMILES string of the molecule is CSCCC(NC(=O)C(CCCCN)NC(=O)CNC(=O)C(N)CCCN=C(N)N)C(=O)NC(CS)C(=O)O. The third-order valence-corrected chi connectivity index (χ3v) is 6.38. The summed E-state index contributed by atoms with van der Waals surface area (Å²) in [5.74, 6) is -3.41. The van der Waals surface area contributed by atoms with Crippen molar-refractivity contribution in [3.8, 4) is 0 Å². The van der Waals surface area contributed by atoms with Crippen LogP contribution in [0.1, 0.15) is 38.5 Å². The summed E-state index contributed by atoms with van der Waals surface area (Å²) in [4.78, 5) is 65.6. The van der Waals surface area contributed by atoms with Gasteiger partial charge in [-0.25, -0.2) is 4.79 Å². The largest absolute Gasteiger partial charge is 0.480 e. The van der Waals surface area contributed by atoms with Gasteiger partial charge in [0.2, 0.25) is 23.6 Å². The van der Waals surface area contributed by atoms with Gasteiger partial charge in [-0.1, -0.05) is 0 Å². The fourth-order valence-electron chi connectivity index (χ4n) is 3.19. The Balaban J connectivity index is 5.17. The lowest BCUT2D eigenvalue weighted by molar-refractivity contribution is -0.141. The molecule has 13 N–H and O–H groups in total. The molecule has 0 aromatic rings. The quantitative estimate of drug-likeness (QED) is 0.0274. The molecule has 0 spiro atoms. The van der Waals surface area contributed by atoms with Crippen molar-refractivity contribution in [2.24, 2.45) is 27.9 Å². The molecule has 224 valence electrons. The van der Waals surface area contributed by atoms with Crippen molar-refractivity contribution in [1.29, 1.82) is 0 Å². The van der Waals surface area contributed by atoms with Crippen molar-refractivity contribution >= 4 is 59.9 Å². The number of carboxylic acids is 1. The zero-order chi connectivity index (χ0) is 29.8. The summed E-state index contributed by atoms with van der Waals surface area (Å²) in [5.41, 5.74) is 21.8. The summed E-state index contributed by atoms with van der Waals surface area (Å²) >= 11 is 5.38. The van der Waals surface area contributed by atoms with Crippen LogP contribution in [0.3, 0.4) is 0 Å². The predicted octanol–water partition coefficient (Wildman–Crippen LogP) is -3.17. The Kier molecular flexibility index (Phi) is 19.6. The maximum atomic E-state index is 13.1. The first-order valence-corrected chi connectivity index (χ1v) is 14.5. The molecule has 0 heterocycles. The van der Waals surface area contributed by atoms with Gasteiger partial charge < -0.3 is 49.3 Å². The van der Waals surface area contributed by atoms with E-state index in [0.717, 1.165) is 0 Å². The number of carbonyl (C=O) groups is 5. The van der Waals surface area contributed by atoms with Crippen LogP contribution in [-0.4, -0.2) is 102 Å². The maximum absolute atomic E-state index is 13.1. The first-order valence-electron chi connectivity index (χ1n) is 12.5. The van der Waals surface area contributed by atoms with E-state index in [1.54, 1.807) is 0 Å². The number of aliphatic imine (C=N–C) groups is 1. The van der Waals surface area contributed by atoms with Gasteiger partial charge >= 0.3 is 5.97 Å². The highest BCUT2D eigenvalue weighted by Gasteiger charge is 2.29. The minimum atomic E-state index is -1.25. The minimum Gasteiger partial charge on any atom is -0.480 e. The second-order valence-electron chi connectivity index (χ2n) is 8.60. The van der Waals surface area contributed by atoms with Crippen molar-refractivity contribution in [2.45, 2.75) is 62.7 Å². The van der Waals surface area contributed by atoms with Crippen LogP contribution in [0.4, 0.5) is 0 Å². The van der Waals surface area contributed by atoms with Crippen LogP contribution < -0.4 is 44.2 Å². The fourth-order valence-corrected chi connectivity index (χ4v) is 3.91. The zero-order valence-corrected chi connectivity index (χ0v) is 23.9. The molecule has 0 saturated carbocycles. The molecule has 17 heteroatoms. The molecule has 4 unspecified atom stereocenters. The van der Waals surface area contributed by atoms with Gasteiger partial charge in [-0.15, -0.1) is 0 Å². The summed E-state index contributed by atoms with van der Waals surface area (Å²) in [6, 6.07) is -4.15. The normalized spacial score (nSPS) is 13.7. The Labute approximate surface area is 238 Å². The predicted molar refractivity (Wildman–Crippen MR) is 154 cm³/mol. The lowest BCUT2D eigenvalue weighted by Gasteiger charge is -2.24. The molecule has 0 aliphatic carbocycles.